The van der Waals surface area contributed by atoms with Gasteiger partial charge in [-0.05, 0) is 6.42 Å². The predicted octanol–water partition coefficient (Wildman–Crippen LogP) is 2.79. The van der Waals surface area contributed by atoms with Crippen molar-refractivity contribution in [1.29, 1.82) is 0 Å². The Morgan fingerprint density at radius 3 is 1.85 bits per heavy atom. The number of rotatable bonds is 20. The summed E-state index contributed by atoms with van der Waals surface area (Å²) >= 11 is 0. The number of carbonyl (C=O) groups excluding carboxylic acids is 1. The van der Waals surface area contributed by atoms with Crippen molar-refractivity contribution in [3.8, 4) is 0 Å². The molecule has 0 aliphatic carbocycles. The van der Waals surface area contributed by atoms with E-state index in [1.54, 1.807) is 4.90 Å². The van der Waals surface area contributed by atoms with Crippen LogP contribution in [0, 0.1) is 4.91 Å². The lowest BCUT2D eigenvalue weighted by Gasteiger charge is -2.26. The lowest BCUT2D eigenvalue weighted by Crippen LogP contribution is -2.41. The first-order valence-electron chi connectivity index (χ1n) is 10.7. The summed E-state index contributed by atoms with van der Waals surface area (Å²) in [5.74, 6) is 0.0644. The maximum absolute atomic E-state index is 12.4. The van der Waals surface area contributed by atoms with Crippen LogP contribution in [0.1, 0.15) is 71.1 Å². The van der Waals surface area contributed by atoms with Crippen LogP contribution >= 0.6 is 0 Å². The summed E-state index contributed by atoms with van der Waals surface area (Å²) in [5.41, 5.74) is 0. The Morgan fingerprint density at radius 1 is 0.778 bits per heavy atom. The van der Waals surface area contributed by atoms with Gasteiger partial charge in [0.05, 0.1) is 19.8 Å². The largest absolute Gasteiger partial charge is 0.395 e. The second-order valence-corrected chi connectivity index (χ2v) is 7.10. The molecule has 0 aromatic rings. The highest BCUT2D eigenvalue weighted by molar-refractivity contribution is 5.76. The van der Waals surface area contributed by atoms with Crippen LogP contribution in [-0.4, -0.2) is 78.4 Å². The van der Waals surface area contributed by atoms with Crippen molar-refractivity contribution >= 4 is 5.91 Å². The van der Waals surface area contributed by atoms with Crippen LogP contribution in [0.4, 0.5) is 0 Å². The van der Waals surface area contributed by atoms with E-state index in [0.717, 1.165) is 12.8 Å². The van der Waals surface area contributed by atoms with Gasteiger partial charge in [-0.3, -0.25) is 9.69 Å². The molecular weight excluding hydrogens is 346 g/mol. The normalized spacial score (nSPS) is 11.1. The molecule has 0 unspecified atom stereocenters. The van der Waals surface area contributed by atoms with Crippen LogP contribution < -0.4 is 0 Å². The molecule has 2 N–H and O–H groups in total. The van der Waals surface area contributed by atoms with Gasteiger partial charge >= 0.3 is 0 Å². The minimum atomic E-state index is 0.0162. The van der Waals surface area contributed by atoms with E-state index in [4.69, 9.17) is 10.2 Å². The van der Waals surface area contributed by atoms with Crippen molar-refractivity contribution < 1.29 is 15.0 Å². The summed E-state index contributed by atoms with van der Waals surface area (Å²) < 4.78 is 0. The molecule has 7 heteroatoms. The molecule has 0 aromatic heterocycles. The molecule has 0 aromatic carbocycles. The molecule has 160 valence electrons. The number of aliphatic hydroxyl groups is 2. The average Bonchev–Trinajstić information content (AvgIpc) is 2.66. The molecule has 7 nitrogen and oxygen atoms in total. The molecule has 0 radical (unpaired) electrons. The molecule has 0 spiro atoms. The number of hydrogen-bond acceptors (Lipinski definition) is 6. The van der Waals surface area contributed by atoms with Gasteiger partial charge in [0.15, 0.2) is 0 Å². The van der Waals surface area contributed by atoms with Crippen LogP contribution in [0.15, 0.2) is 5.18 Å². The van der Waals surface area contributed by atoms with Crippen molar-refractivity contribution in [3.63, 3.8) is 0 Å². The van der Waals surface area contributed by atoms with Crippen molar-refractivity contribution in [3.05, 3.63) is 4.91 Å². The Hall–Kier alpha value is -1.05. The summed E-state index contributed by atoms with van der Waals surface area (Å²) in [6, 6.07) is 0. The van der Waals surface area contributed by atoms with E-state index < -0.39 is 0 Å². The molecule has 0 rings (SSSR count). The number of amides is 1. The zero-order valence-electron chi connectivity index (χ0n) is 17.3. The lowest BCUT2D eigenvalue weighted by atomic mass is 10.1. The van der Waals surface area contributed by atoms with Gasteiger partial charge in [-0.1, -0.05) is 63.5 Å². The van der Waals surface area contributed by atoms with E-state index in [2.05, 4.69) is 12.1 Å². The fourth-order valence-corrected chi connectivity index (χ4v) is 3.15. The summed E-state index contributed by atoms with van der Waals surface area (Å²) in [6.45, 7) is 4.69. The zero-order valence-corrected chi connectivity index (χ0v) is 17.3. The van der Waals surface area contributed by atoms with Crippen LogP contribution in [0.3, 0.4) is 0 Å². The molecule has 0 saturated carbocycles. The van der Waals surface area contributed by atoms with Crippen molar-refractivity contribution in [2.75, 3.05) is 52.5 Å². The predicted molar refractivity (Wildman–Crippen MR) is 110 cm³/mol. The van der Waals surface area contributed by atoms with E-state index in [9.17, 15) is 9.70 Å². The topological polar surface area (TPSA) is 93.4 Å². The highest BCUT2D eigenvalue weighted by atomic mass is 16.3. The molecule has 0 atom stereocenters. The lowest BCUT2D eigenvalue weighted by molar-refractivity contribution is -0.131. The van der Waals surface area contributed by atoms with Gasteiger partial charge in [0, 0.05) is 39.1 Å². The SMILES string of the molecule is CCCCCCCCCCCC(=O)N(CCN=O)CCN(CCO)CCO. The van der Waals surface area contributed by atoms with E-state index in [0.29, 0.717) is 39.1 Å². The molecule has 0 fully saturated rings. The number of nitrogens with zero attached hydrogens (tertiary/aromatic N) is 3. The van der Waals surface area contributed by atoms with Crippen LogP contribution in [0.25, 0.3) is 0 Å². The standard InChI is InChI=1S/C20H41N3O4/c1-2-3-4-5-6-7-8-9-10-11-20(26)23(13-12-21-27)15-14-22(16-18-24)17-19-25/h24-25H,2-19H2,1H3. The quantitative estimate of drug-likeness (QED) is 0.247. The van der Waals surface area contributed by atoms with Crippen LogP contribution in [0.5, 0.6) is 0 Å². The van der Waals surface area contributed by atoms with Crippen molar-refractivity contribution in [2.45, 2.75) is 71.1 Å². The fraction of sp³-hybridized carbons (Fsp3) is 0.950. The van der Waals surface area contributed by atoms with Gasteiger partial charge in [0.2, 0.25) is 5.91 Å². The Labute approximate surface area is 165 Å². The molecular formula is C20H41N3O4. The van der Waals surface area contributed by atoms with Gasteiger partial charge in [-0.15, -0.1) is 0 Å². The molecule has 0 bridgehead atoms. The number of hydrogen-bond donors (Lipinski definition) is 2. The number of unbranched alkanes of at least 4 members (excludes halogenated alkanes) is 8. The maximum Gasteiger partial charge on any atom is 0.222 e. The first-order valence-corrected chi connectivity index (χ1v) is 10.7. The second-order valence-electron chi connectivity index (χ2n) is 7.10. The second kappa shape index (κ2) is 19.7. The molecule has 1 amide bonds. The third-order valence-corrected chi connectivity index (χ3v) is 4.83. The Bertz CT molecular complexity index is 350. The monoisotopic (exact) mass is 387 g/mol. The van der Waals surface area contributed by atoms with Gasteiger partial charge in [-0.25, -0.2) is 0 Å². The van der Waals surface area contributed by atoms with Gasteiger partial charge in [-0.2, -0.15) is 4.91 Å². The van der Waals surface area contributed by atoms with E-state index >= 15 is 0 Å². The van der Waals surface area contributed by atoms with Gasteiger partial charge in [0.1, 0.15) is 0 Å². The first-order chi connectivity index (χ1) is 13.2. The molecule has 27 heavy (non-hydrogen) atoms. The minimum absolute atomic E-state index is 0.0162. The Kier molecular flexibility index (Phi) is 18.9. The summed E-state index contributed by atoms with van der Waals surface area (Å²) in [7, 11) is 0. The molecule has 0 aliphatic rings. The van der Waals surface area contributed by atoms with Gasteiger partial charge < -0.3 is 15.1 Å². The third kappa shape index (κ3) is 15.7. The smallest absolute Gasteiger partial charge is 0.222 e. The van der Waals surface area contributed by atoms with E-state index in [1.807, 2.05) is 4.90 Å². The van der Waals surface area contributed by atoms with Crippen molar-refractivity contribution in [2.24, 2.45) is 5.18 Å². The minimum Gasteiger partial charge on any atom is -0.395 e. The van der Waals surface area contributed by atoms with E-state index in [-0.39, 0.29) is 25.7 Å². The number of carbonyl (C=O) groups is 1. The third-order valence-electron chi connectivity index (χ3n) is 4.83. The fourth-order valence-electron chi connectivity index (χ4n) is 3.15. The summed E-state index contributed by atoms with van der Waals surface area (Å²) in [5, 5.41) is 21.0. The molecule has 0 saturated heterocycles. The van der Waals surface area contributed by atoms with Crippen LogP contribution in [-0.2, 0) is 4.79 Å². The maximum atomic E-state index is 12.4. The highest BCUT2D eigenvalue weighted by Gasteiger charge is 2.14. The Balaban J connectivity index is 4.05. The first kappa shape index (κ1) is 26.0. The van der Waals surface area contributed by atoms with Crippen LogP contribution in [0.2, 0.25) is 0 Å². The molecule has 0 aliphatic heterocycles. The zero-order chi connectivity index (χ0) is 20.2. The average molecular weight is 388 g/mol. The Morgan fingerprint density at radius 2 is 1.33 bits per heavy atom. The number of nitroso groups, excluding NO2 is 1. The van der Waals surface area contributed by atoms with Crippen molar-refractivity contribution in [1.82, 2.24) is 9.80 Å². The molecule has 0 heterocycles. The highest BCUT2D eigenvalue weighted by Crippen LogP contribution is 2.11. The summed E-state index contributed by atoms with van der Waals surface area (Å²) in [6.07, 6.45) is 11.4. The van der Waals surface area contributed by atoms with Gasteiger partial charge in [0.25, 0.3) is 0 Å². The van der Waals surface area contributed by atoms with E-state index in [1.165, 1.54) is 44.9 Å². The number of aliphatic hydroxyl groups excluding tert-OH is 2. The summed E-state index contributed by atoms with van der Waals surface area (Å²) in [4.78, 5) is 26.5.